The van der Waals surface area contributed by atoms with Gasteiger partial charge in [-0.1, -0.05) is 0 Å². The predicted molar refractivity (Wildman–Crippen MR) is 205 cm³/mol. The van der Waals surface area contributed by atoms with E-state index < -0.39 is 28.4 Å². The fourth-order valence-corrected chi connectivity index (χ4v) is 82.9. The van der Waals surface area contributed by atoms with Crippen LogP contribution in [-0.4, -0.2) is 10.9 Å². The Morgan fingerprint density at radius 3 is 1.10 bits per heavy atom. The van der Waals surface area contributed by atoms with E-state index in [9.17, 15) is 0 Å². The van der Waals surface area contributed by atoms with Gasteiger partial charge in [0.05, 0.1) is 0 Å². The van der Waals surface area contributed by atoms with E-state index in [4.69, 9.17) is 0 Å². The molecule has 2 unspecified atom stereocenters. The molecule has 0 spiro atoms. The largest absolute Gasteiger partial charge is 1.00 e. The molecule has 0 radical (unpaired) electrons. The smallest absolute Gasteiger partial charge is 1.00 e. The number of rotatable bonds is 6. The van der Waals surface area contributed by atoms with Crippen LogP contribution in [0.25, 0.3) is 12.2 Å². The second-order valence-electron chi connectivity index (χ2n) is 16.2. The van der Waals surface area contributed by atoms with Crippen molar-refractivity contribution in [3.8, 4) is 0 Å². The van der Waals surface area contributed by atoms with Gasteiger partial charge >= 0.3 is 290 Å². The van der Waals surface area contributed by atoms with Crippen molar-refractivity contribution in [1.29, 1.82) is 0 Å². The zero-order valence-corrected chi connectivity index (χ0v) is 36.8. The number of benzene rings is 4. The topological polar surface area (TPSA) is 0 Å². The second kappa shape index (κ2) is 13.3. The molecule has 5 heteroatoms. The quantitative estimate of drug-likeness (QED) is 0.232. The standard InChI is InChI=1S/2C16H21.C12H8Si2.2ClH.Zr/c2*1-10(2)13-8-14-6-12(5)7-16(14)15(9-13)11(3)4;1-2-6-10-9(5-1)13-11-7-3-4-8-12(11)14-10;;;/h2*6-11H,1-5H3;1-8H;2*1H;/q;;;;;+2/p-2. The van der Waals surface area contributed by atoms with E-state index >= 15 is 0 Å². The van der Waals surface area contributed by atoms with Gasteiger partial charge in [-0.15, -0.1) is 0 Å². The SMILES string of the molecule is CC1=Cc2c(C(C)C)cc(C(C)C)cc2[CH]1[Zr+2]1([CH]2C(C)=Cc3c(C(C)C)cc(C(C)C)cc32)=[Si]2c3ccccc3[Si]=1c1ccccc12.[Cl-].[Cl-]. The summed E-state index contributed by atoms with van der Waals surface area (Å²) in [5.41, 5.74) is 14.3. The third kappa shape index (κ3) is 5.18. The van der Waals surface area contributed by atoms with Crippen molar-refractivity contribution in [2.75, 3.05) is 0 Å². The average molecular weight is 797 g/mol. The first kappa shape index (κ1) is 37.0. The van der Waals surface area contributed by atoms with E-state index in [-0.39, 0.29) is 24.8 Å². The van der Waals surface area contributed by atoms with E-state index in [1.165, 1.54) is 0 Å². The van der Waals surface area contributed by atoms with Crippen molar-refractivity contribution < 1.29 is 42.3 Å². The Labute approximate surface area is 312 Å². The fourth-order valence-electron chi connectivity index (χ4n) is 10.1. The van der Waals surface area contributed by atoms with Crippen molar-refractivity contribution in [1.82, 2.24) is 0 Å². The molecule has 2 atom stereocenters. The van der Waals surface area contributed by atoms with Gasteiger partial charge in [0, 0.05) is 0 Å². The van der Waals surface area contributed by atoms with Crippen LogP contribution in [0.1, 0.15) is 145 Å². The number of halogens is 2. The first-order chi connectivity index (χ1) is 22.5. The summed E-state index contributed by atoms with van der Waals surface area (Å²) >= 11 is -3.48. The van der Waals surface area contributed by atoms with Gasteiger partial charge in [0.2, 0.25) is 0 Å². The van der Waals surface area contributed by atoms with E-state index in [2.05, 4.69) is 154 Å². The Bertz CT molecular complexity index is 2010. The third-order valence-electron chi connectivity index (χ3n) is 12.1. The molecule has 4 aromatic carbocycles. The van der Waals surface area contributed by atoms with E-state index in [1.807, 2.05) is 0 Å². The van der Waals surface area contributed by atoms with Crippen LogP contribution in [0.2, 0.25) is 0 Å². The fraction of sp³-hybridized carbons (Fsp3) is 0.364. The molecule has 0 amide bonds. The van der Waals surface area contributed by atoms with Crippen molar-refractivity contribution >= 4 is 43.8 Å². The maximum absolute atomic E-state index is 3.48. The molecular weight excluding hydrogens is 747 g/mol. The number of fused-ring (bicyclic) bond motifs is 8. The maximum Gasteiger partial charge on any atom is -1.00 e. The van der Waals surface area contributed by atoms with Crippen LogP contribution in [0.4, 0.5) is 0 Å². The van der Waals surface area contributed by atoms with Crippen LogP contribution in [-0.2, 0) is 17.5 Å². The summed E-state index contributed by atoms with van der Waals surface area (Å²) in [7, 11) is 0. The van der Waals surface area contributed by atoms with Gasteiger partial charge in [-0.05, 0) is 0 Å². The molecule has 0 saturated carbocycles. The molecule has 0 fully saturated rings. The van der Waals surface area contributed by atoms with Crippen LogP contribution in [0.3, 0.4) is 0 Å². The van der Waals surface area contributed by atoms with Gasteiger partial charge in [0.25, 0.3) is 0 Å². The van der Waals surface area contributed by atoms with Crippen LogP contribution < -0.4 is 45.6 Å². The minimum atomic E-state index is -3.48. The normalized spacial score (nSPS) is 17.8. The zero-order valence-electron chi connectivity index (χ0n) is 30.8. The van der Waals surface area contributed by atoms with Crippen molar-refractivity contribution in [2.45, 2.75) is 100 Å². The zero-order chi connectivity index (χ0) is 33.1. The summed E-state index contributed by atoms with van der Waals surface area (Å²) in [6.07, 6.45) is 5.38. The van der Waals surface area contributed by atoms with Crippen LogP contribution in [0, 0.1) is 0 Å². The molecule has 0 aromatic heterocycles. The van der Waals surface area contributed by atoms with Gasteiger partial charge < -0.3 is 24.8 Å². The van der Waals surface area contributed by atoms with Gasteiger partial charge in [0.1, 0.15) is 0 Å². The van der Waals surface area contributed by atoms with E-state index in [0.29, 0.717) is 30.9 Å². The molecule has 2 aliphatic carbocycles. The van der Waals surface area contributed by atoms with Crippen LogP contribution >= 0.6 is 0 Å². The molecule has 252 valence electrons. The molecule has 2 heterocycles. The Hall–Kier alpha value is -1.74. The van der Waals surface area contributed by atoms with Crippen molar-refractivity contribution in [2.24, 2.45) is 0 Å². The third-order valence-corrected chi connectivity index (χ3v) is 62.2. The Morgan fingerprint density at radius 2 is 0.816 bits per heavy atom. The molecular formula is C44H50Cl2Si2Zr. The first-order valence-corrected chi connectivity index (χ1v) is 31.3. The molecule has 4 aromatic rings. The molecule has 0 saturated heterocycles. The summed E-state index contributed by atoms with van der Waals surface area (Å²) in [5.74, 6) is 2.09. The summed E-state index contributed by atoms with van der Waals surface area (Å²) in [4.78, 5) is 0. The van der Waals surface area contributed by atoms with E-state index in [1.54, 1.807) is 76.4 Å². The summed E-state index contributed by atoms with van der Waals surface area (Å²) in [6.45, 7) is 24.4. The minimum absolute atomic E-state index is 0. The van der Waals surface area contributed by atoms with Crippen LogP contribution in [0.15, 0.2) is 83.9 Å². The van der Waals surface area contributed by atoms with Crippen LogP contribution in [0.5, 0.6) is 0 Å². The van der Waals surface area contributed by atoms with Gasteiger partial charge in [-0.25, -0.2) is 0 Å². The number of hydrogen-bond acceptors (Lipinski definition) is 0. The monoisotopic (exact) mass is 794 g/mol. The average Bonchev–Trinajstić information content (AvgIpc) is 3.72. The van der Waals surface area contributed by atoms with Crippen molar-refractivity contribution in [3.05, 3.63) is 128 Å². The Kier molecular flexibility index (Phi) is 10.1. The summed E-state index contributed by atoms with van der Waals surface area (Å²) < 4.78 is 1.23. The Morgan fingerprint density at radius 1 is 0.490 bits per heavy atom. The molecule has 0 nitrogen and oxygen atoms in total. The summed E-state index contributed by atoms with van der Waals surface area (Å²) in [6, 6.07) is 30.5. The van der Waals surface area contributed by atoms with Crippen molar-refractivity contribution in [3.63, 3.8) is 0 Å². The van der Waals surface area contributed by atoms with Gasteiger partial charge in [-0.2, -0.15) is 0 Å². The number of allylic oxidation sites excluding steroid dienone is 2. The first-order valence-electron chi connectivity index (χ1n) is 18.1. The number of hydrogen-bond donors (Lipinski definition) is 0. The Balaban J connectivity index is 0.00000208. The molecule has 2 aliphatic heterocycles. The predicted octanol–water partition coefficient (Wildman–Crippen LogP) is 3.20. The maximum atomic E-state index is 2.72. The summed E-state index contributed by atoms with van der Waals surface area (Å²) in [5, 5.41) is 7.21. The minimum Gasteiger partial charge on any atom is -1.00 e. The molecule has 4 aliphatic rings. The van der Waals surface area contributed by atoms with E-state index in [0.717, 1.165) is 0 Å². The molecule has 2 bridgehead atoms. The molecule has 0 N–H and O–H groups in total. The van der Waals surface area contributed by atoms with Gasteiger partial charge in [-0.3, -0.25) is 0 Å². The van der Waals surface area contributed by atoms with Gasteiger partial charge in [0.15, 0.2) is 0 Å². The molecule has 8 rings (SSSR count). The second-order valence-corrected chi connectivity index (χ2v) is 47.1. The molecule has 49 heavy (non-hydrogen) atoms.